The van der Waals surface area contributed by atoms with Gasteiger partial charge < -0.3 is 15.7 Å². The molecule has 1 aromatic rings. The summed E-state index contributed by atoms with van der Waals surface area (Å²) in [6.45, 7) is 5.06. The molecule has 0 aliphatic rings. The summed E-state index contributed by atoms with van der Waals surface area (Å²) in [4.78, 5) is 23.2. The Kier molecular flexibility index (Phi) is 6.73. The third kappa shape index (κ3) is 5.40. The Morgan fingerprint density at radius 3 is 2.45 bits per heavy atom. The van der Waals surface area contributed by atoms with E-state index in [4.69, 9.17) is 0 Å². The molecule has 20 heavy (non-hydrogen) atoms. The first-order chi connectivity index (χ1) is 9.54. The Balaban J connectivity index is 2.59. The van der Waals surface area contributed by atoms with Gasteiger partial charge in [0.05, 0.1) is 0 Å². The van der Waals surface area contributed by atoms with Gasteiger partial charge in [0.1, 0.15) is 6.04 Å². The molecule has 1 unspecified atom stereocenters. The average molecular weight is 278 g/mol. The molecule has 0 bridgehead atoms. The first kappa shape index (κ1) is 16.2. The zero-order valence-electron chi connectivity index (χ0n) is 11.9. The summed E-state index contributed by atoms with van der Waals surface area (Å²) in [5.74, 6) is -1.51. The molecule has 0 saturated carbocycles. The number of hydrogen-bond donors (Lipinski definition) is 3. The first-order valence-electron chi connectivity index (χ1n) is 6.82. The highest BCUT2D eigenvalue weighted by Crippen LogP contribution is 2.04. The maximum Gasteiger partial charge on any atom is 0.326 e. The van der Waals surface area contributed by atoms with E-state index in [1.165, 1.54) is 0 Å². The van der Waals surface area contributed by atoms with Gasteiger partial charge in [0, 0.05) is 18.9 Å². The number of aliphatic carboxylic acids is 1. The SMILES string of the molecule is CCNCC(C)C(=O)N[C@@H](Cc1ccccc1)C(=O)O. The molecule has 110 valence electrons. The molecule has 1 aromatic carbocycles. The summed E-state index contributed by atoms with van der Waals surface area (Å²) in [5.41, 5.74) is 0.888. The Bertz CT molecular complexity index is 434. The van der Waals surface area contributed by atoms with Crippen molar-refractivity contribution < 1.29 is 14.7 Å². The van der Waals surface area contributed by atoms with E-state index in [1.807, 2.05) is 37.3 Å². The maximum absolute atomic E-state index is 11.9. The predicted octanol–water partition coefficient (Wildman–Crippen LogP) is 1.04. The van der Waals surface area contributed by atoms with Gasteiger partial charge in [-0.3, -0.25) is 4.79 Å². The number of nitrogens with one attached hydrogen (secondary N) is 2. The average Bonchev–Trinajstić information content (AvgIpc) is 2.44. The largest absolute Gasteiger partial charge is 0.480 e. The fourth-order valence-electron chi connectivity index (χ4n) is 1.82. The van der Waals surface area contributed by atoms with Crippen LogP contribution in [0.15, 0.2) is 30.3 Å². The zero-order chi connectivity index (χ0) is 15.0. The third-order valence-electron chi connectivity index (χ3n) is 3.05. The Morgan fingerprint density at radius 2 is 1.90 bits per heavy atom. The van der Waals surface area contributed by atoms with Crippen LogP contribution in [0.4, 0.5) is 0 Å². The molecular formula is C15H22N2O3. The van der Waals surface area contributed by atoms with Gasteiger partial charge >= 0.3 is 5.97 Å². The molecule has 5 nitrogen and oxygen atoms in total. The van der Waals surface area contributed by atoms with Crippen LogP contribution in [-0.2, 0) is 16.0 Å². The number of hydrogen-bond acceptors (Lipinski definition) is 3. The molecule has 0 aliphatic carbocycles. The van der Waals surface area contributed by atoms with Crippen LogP contribution >= 0.6 is 0 Å². The van der Waals surface area contributed by atoms with Crippen LogP contribution in [0.2, 0.25) is 0 Å². The molecule has 0 aromatic heterocycles. The number of carboxylic acids is 1. The van der Waals surface area contributed by atoms with Crippen molar-refractivity contribution in [1.82, 2.24) is 10.6 Å². The van der Waals surface area contributed by atoms with E-state index >= 15 is 0 Å². The van der Waals surface area contributed by atoms with Crippen molar-refractivity contribution in [3.8, 4) is 0 Å². The van der Waals surface area contributed by atoms with E-state index in [2.05, 4.69) is 10.6 Å². The normalized spacial score (nSPS) is 13.5. The van der Waals surface area contributed by atoms with E-state index < -0.39 is 12.0 Å². The van der Waals surface area contributed by atoms with Gasteiger partial charge in [-0.25, -0.2) is 4.79 Å². The molecule has 0 fully saturated rings. The number of carbonyl (C=O) groups is 2. The summed E-state index contributed by atoms with van der Waals surface area (Å²) in [7, 11) is 0. The van der Waals surface area contributed by atoms with E-state index in [0.29, 0.717) is 6.54 Å². The van der Waals surface area contributed by atoms with Gasteiger partial charge in [0.2, 0.25) is 5.91 Å². The highest BCUT2D eigenvalue weighted by molar-refractivity contribution is 5.85. The number of rotatable bonds is 8. The van der Waals surface area contributed by atoms with Crippen LogP contribution in [0.25, 0.3) is 0 Å². The van der Waals surface area contributed by atoms with Crippen molar-refractivity contribution in [2.24, 2.45) is 5.92 Å². The van der Waals surface area contributed by atoms with E-state index in [1.54, 1.807) is 6.92 Å². The quantitative estimate of drug-likeness (QED) is 0.664. The van der Waals surface area contributed by atoms with Crippen LogP contribution in [0.1, 0.15) is 19.4 Å². The minimum absolute atomic E-state index is 0.241. The number of benzene rings is 1. The zero-order valence-corrected chi connectivity index (χ0v) is 11.9. The maximum atomic E-state index is 11.9. The molecule has 1 amide bonds. The van der Waals surface area contributed by atoms with Crippen molar-refractivity contribution in [1.29, 1.82) is 0 Å². The highest BCUT2D eigenvalue weighted by atomic mass is 16.4. The molecule has 0 heterocycles. The van der Waals surface area contributed by atoms with Crippen molar-refractivity contribution in [3.05, 3.63) is 35.9 Å². The predicted molar refractivity (Wildman–Crippen MR) is 77.4 cm³/mol. The van der Waals surface area contributed by atoms with Crippen LogP contribution in [0.3, 0.4) is 0 Å². The van der Waals surface area contributed by atoms with Gasteiger partial charge in [0.25, 0.3) is 0 Å². The summed E-state index contributed by atoms with van der Waals surface area (Å²) in [6.07, 6.45) is 0.288. The fourth-order valence-corrected chi connectivity index (χ4v) is 1.82. The first-order valence-corrected chi connectivity index (χ1v) is 6.82. The molecule has 3 N–H and O–H groups in total. The fraction of sp³-hybridized carbons (Fsp3) is 0.467. The van der Waals surface area contributed by atoms with Crippen molar-refractivity contribution >= 4 is 11.9 Å². The van der Waals surface area contributed by atoms with Gasteiger partial charge in [-0.05, 0) is 12.1 Å². The lowest BCUT2D eigenvalue weighted by Gasteiger charge is -2.18. The second kappa shape index (κ2) is 8.32. The summed E-state index contributed by atoms with van der Waals surface area (Å²) in [6, 6.07) is 8.38. The van der Waals surface area contributed by atoms with Crippen LogP contribution < -0.4 is 10.6 Å². The highest BCUT2D eigenvalue weighted by Gasteiger charge is 2.22. The molecular weight excluding hydrogens is 256 g/mol. The van der Waals surface area contributed by atoms with Gasteiger partial charge in [0.15, 0.2) is 0 Å². The summed E-state index contributed by atoms with van der Waals surface area (Å²) < 4.78 is 0. The molecule has 2 atom stereocenters. The minimum Gasteiger partial charge on any atom is -0.480 e. The number of amides is 1. The second-order valence-corrected chi connectivity index (χ2v) is 4.80. The van der Waals surface area contributed by atoms with Crippen LogP contribution in [-0.4, -0.2) is 36.1 Å². The van der Waals surface area contributed by atoms with Crippen molar-refractivity contribution in [3.63, 3.8) is 0 Å². The van der Waals surface area contributed by atoms with Crippen molar-refractivity contribution in [2.75, 3.05) is 13.1 Å². The molecule has 1 rings (SSSR count). The van der Waals surface area contributed by atoms with Gasteiger partial charge in [-0.2, -0.15) is 0 Å². The van der Waals surface area contributed by atoms with E-state index in [-0.39, 0.29) is 18.2 Å². The smallest absolute Gasteiger partial charge is 0.326 e. The lowest BCUT2D eigenvalue weighted by molar-refractivity contribution is -0.142. The monoisotopic (exact) mass is 278 g/mol. The van der Waals surface area contributed by atoms with Crippen LogP contribution in [0, 0.1) is 5.92 Å². The summed E-state index contributed by atoms with van der Waals surface area (Å²) in [5, 5.41) is 14.9. The third-order valence-corrected chi connectivity index (χ3v) is 3.05. The summed E-state index contributed by atoms with van der Waals surface area (Å²) >= 11 is 0. The molecule has 0 aliphatic heterocycles. The minimum atomic E-state index is -1.02. The van der Waals surface area contributed by atoms with Gasteiger partial charge in [-0.15, -0.1) is 0 Å². The number of carboxylic acid groups (broad SMARTS) is 1. The molecule has 0 saturated heterocycles. The topological polar surface area (TPSA) is 78.4 Å². The van der Waals surface area contributed by atoms with Crippen LogP contribution in [0.5, 0.6) is 0 Å². The lowest BCUT2D eigenvalue weighted by Crippen LogP contribution is -2.46. The van der Waals surface area contributed by atoms with Crippen molar-refractivity contribution in [2.45, 2.75) is 26.3 Å². The standard InChI is InChI=1S/C15H22N2O3/c1-3-16-10-11(2)14(18)17-13(15(19)20)9-12-7-5-4-6-8-12/h4-8,11,13,16H,3,9-10H2,1-2H3,(H,17,18)(H,19,20)/t11?,13-/m0/s1. The Hall–Kier alpha value is -1.88. The Morgan fingerprint density at radius 1 is 1.25 bits per heavy atom. The molecule has 5 heteroatoms. The molecule has 0 spiro atoms. The Labute approximate surface area is 119 Å². The van der Waals surface area contributed by atoms with Gasteiger partial charge in [-0.1, -0.05) is 44.2 Å². The van der Waals surface area contributed by atoms with E-state index in [9.17, 15) is 14.7 Å². The second-order valence-electron chi connectivity index (χ2n) is 4.80. The molecule has 0 radical (unpaired) electrons. The lowest BCUT2D eigenvalue weighted by atomic mass is 10.0. The van der Waals surface area contributed by atoms with E-state index in [0.717, 1.165) is 12.1 Å². The number of carbonyl (C=O) groups excluding carboxylic acids is 1.